The van der Waals surface area contributed by atoms with Crippen molar-refractivity contribution in [2.45, 2.75) is 32.4 Å². The molecule has 1 atom stereocenters. The maximum atomic E-state index is 11.7. The Bertz CT molecular complexity index is 207. The minimum absolute atomic E-state index is 0.0194. The van der Waals surface area contributed by atoms with Crippen LogP contribution in [-0.4, -0.2) is 31.1 Å². The highest BCUT2D eigenvalue weighted by Crippen LogP contribution is 2.16. The summed E-state index contributed by atoms with van der Waals surface area (Å²) in [7, 11) is 0. The fourth-order valence-electron chi connectivity index (χ4n) is 1.30. The zero-order valence-corrected chi connectivity index (χ0v) is 9.90. The number of alkyl halides is 4. The van der Waals surface area contributed by atoms with Crippen molar-refractivity contribution in [2.24, 2.45) is 5.92 Å². The Morgan fingerprint density at radius 3 is 2.44 bits per heavy atom. The molecule has 0 aliphatic heterocycles. The predicted molar refractivity (Wildman–Crippen MR) is 55.6 cm³/mol. The van der Waals surface area contributed by atoms with Gasteiger partial charge in [-0.1, -0.05) is 0 Å². The van der Waals surface area contributed by atoms with E-state index in [0.717, 1.165) is 0 Å². The molecule has 0 aromatic rings. The van der Waals surface area contributed by atoms with Gasteiger partial charge in [-0.05, 0) is 26.2 Å². The summed E-state index contributed by atoms with van der Waals surface area (Å²) in [4.78, 5) is 11.1. The van der Waals surface area contributed by atoms with Gasteiger partial charge in [0, 0.05) is 18.4 Å². The molecule has 2 nitrogen and oxygen atoms in total. The summed E-state index contributed by atoms with van der Waals surface area (Å²) in [6.07, 6.45) is -2.75. The Morgan fingerprint density at radius 2 is 2.00 bits per heavy atom. The summed E-state index contributed by atoms with van der Waals surface area (Å²) in [5.74, 6) is 0.247. The van der Waals surface area contributed by atoms with Crippen molar-refractivity contribution in [3.05, 3.63) is 0 Å². The molecular formula is C10H16ClF3O2. The van der Waals surface area contributed by atoms with Gasteiger partial charge < -0.3 is 4.74 Å². The molecule has 0 aromatic carbocycles. The minimum Gasteiger partial charge on any atom is -0.372 e. The smallest absolute Gasteiger partial charge is 0.372 e. The molecule has 0 amide bonds. The van der Waals surface area contributed by atoms with Crippen LogP contribution in [0.25, 0.3) is 0 Å². The van der Waals surface area contributed by atoms with E-state index in [-0.39, 0.29) is 18.3 Å². The van der Waals surface area contributed by atoms with Gasteiger partial charge in [0.25, 0.3) is 0 Å². The molecule has 0 aliphatic rings. The first kappa shape index (κ1) is 15.7. The molecule has 0 saturated carbocycles. The van der Waals surface area contributed by atoms with Gasteiger partial charge >= 0.3 is 6.18 Å². The summed E-state index contributed by atoms with van der Waals surface area (Å²) < 4.78 is 39.5. The molecule has 0 saturated heterocycles. The van der Waals surface area contributed by atoms with Gasteiger partial charge in [-0.2, -0.15) is 13.2 Å². The van der Waals surface area contributed by atoms with E-state index in [2.05, 4.69) is 4.74 Å². The van der Waals surface area contributed by atoms with Crippen LogP contribution in [-0.2, 0) is 9.53 Å². The van der Waals surface area contributed by atoms with Gasteiger partial charge in [-0.15, -0.1) is 11.6 Å². The molecule has 0 spiro atoms. The first-order valence-electron chi connectivity index (χ1n) is 5.07. The Balaban J connectivity index is 3.59. The zero-order chi connectivity index (χ0) is 12.6. The largest absolute Gasteiger partial charge is 0.411 e. The van der Waals surface area contributed by atoms with Crippen LogP contribution in [0.4, 0.5) is 13.2 Å². The number of carbonyl (C=O) groups excluding carboxylic acids is 1. The van der Waals surface area contributed by atoms with Crippen molar-refractivity contribution in [2.75, 3.05) is 19.1 Å². The highest BCUT2D eigenvalue weighted by Gasteiger charge is 2.27. The third-order valence-electron chi connectivity index (χ3n) is 2.14. The molecule has 0 fully saturated rings. The lowest BCUT2D eigenvalue weighted by molar-refractivity contribution is -0.174. The van der Waals surface area contributed by atoms with Crippen LogP contribution in [0.3, 0.4) is 0 Å². The van der Waals surface area contributed by atoms with Crippen molar-refractivity contribution >= 4 is 17.4 Å². The van der Waals surface area contributed by atoms with E-state index in [1.807, 2.05) is 0 Å². The maximum Gasteiger partial charge on any atom is 0.411 e. The lowest BCUT2D eigenvalue weighted by Gasteiger charge is -2.12. The Kier molecular flexibility index (Phi) is 7.76. The van der Waals surface area contributed by atoms with Gasteiger partial charge in [0.05, 0.1) is 0 Å². The molecule has 0 aliphatic carbocycles. The Labute approximate surface area is 98.1 Å². The van der Waals surface area contributed by atoms with Crippen molar-refractivity contribution in [1.29, 1.82) is 0 Å². The molecule has 1 unspecified atom stereocenters. The Hall–Kier alpha value is -0.290. The minimum atomic E-state index is -4.28. The van der Waals surface area contributed by atoms with Crippen molar-refractivity contribution < 1.29 is 22.7 Å². The van der Waals surface area contributed by atoms with E-state index >= 15 is 0 Å². The van der Waals surface area contributed by atoms with Gasteiger partial charge in [0.1, 0.15) is 12.4 Å². The van der Waals surface area contributed by atoms with Crippen LogP contribution >= 0.6 is 11.6 Å². The van der Waals surface area contributed by atoms with Crippen molar-refractivity contribution in [3.8, 4) is 0 Å². The van der Waals surface area contributed by atoms with Crippen LogP contribution < -0.4 is 0 Å². The number of hydrogen-bond acceptors (Lipinski definition) is 2. The number of ketones is 1. The van der Waals surface area contributed by atoms with Crippen LogP contribution in [0.15, 0.2) is 0 Å². The lowest BCUT2D eigenvalue weighted by atomic mass is 9.97. The van der Waals surface area contributed by atoms with Gasteiger partial charge in [-0.25, -0.2) is 0 Å². The van der Waals surface area contributed by atoms with Crippen LogP contribution in [0, 0.1) is 5.92 Å². The van der Waals surface area contributed by atoms with E-state index in [9.17, 15) is 18.0 Å². The second-order valence-corrected chi connectivity index (χ2v) is 3.97. The van der Waals surface area contributed by atoms with E-state index < -0.39 is 12.8 Å². The maximum absolute atomic E-state index is 11.7. The highest BCUT2D eigenvalue weighted by molar-refractivity contribution is 6.18. The topological polar surface area (TPSA) is 26.3 Å². The quantitative estimate of drug-likeness (QED) is 0.495. The number of ether oxygens (including phenoxy) is 1. The summed E-state index contributed by atoms with van der Waals surface area (Å²) >= 11 is 5.51. The summed E-state index contributed by atoms with van der Waals surface area (Å²) in [6, 6.07) is 0. The van der Waals surface area contributed by atoms with Crippen LogP contribution in [0.1, 0.15) is 26.2 Å². The second-order valence-electron chi connectivity index (χ2n) is 3.60. The summed E-state index contributed by atoms with van der Waals surface area (Å²) in [6.45, 7) is 0.257. The summed E-state index contributed by atoms with van der Waals surface area (Å²) in [5.41, 5.74) is 0. The SMILES string of the molecule is CC(=O)C(CCCl)CCCOCC(F)(F)F. The normalized spacial score (nSPS) is 13.8. The van der Waals surface area contributed by atoms with E-state index in [1.165, 1.54) is 6.92 Å². The van der Waals surface area contributed by atoms with Crippen molar-refractivity contribution in [3.63, 3.8) is 0 Å². The first-order chi connectivity index (χ1) is 7.37. The molecule has 96 valence electrons. The number of rotatable bonds is 8. The fourth-order valence-corrected chi connectivity index (χ4v) is 1.57. The number of Topliss-reactive ketones (excluding diaryl/α,β-unsaturated/α-hetero) is 1. The molecular weight excluding hydrogens is 245 g/mol. The van der Waals surface area contributed by atoms with Crippen LogP contribution in [0.2, 0.25) is 0 Å². The predicted octanol–water partition coefficient (Wildman–Crippen LogP) is 3.18. The van der Waals surface area contributed by atoms with Gasteiger partial charge in [0.2, 0.25) is 0 Å². The lowest BCUT2D eigenvalue weighted by Crippen LogP contribution is -2.18. The van der Waals surface area contributed by atoms with E-state index in [0.29, 0.717) is 25.1 Å². The number of carbonyl (C=O) groups is 1. The van der Waals surface area contributed by atoms with Gasteiger partial charge in [0.15, 0.2) is 0 Å². The third kappa shape index (κ3) is 8.97. The molecule has 0 heterocycles. The molecule has 0 aromatic heterocycles. The number of halogens is 4. The van der Waals surface area contributed by atoms with Gasteiger partial charge in [-0.3, -0.25) is 4.79 Å². The molecule has 0 bridgehead atoms. The average molecular weight is 261 g/mol. The van der Waals surface area contributed by atoms with E-state index in [1.54, 1.807) is 0 Å². The molecule has 0 rings (SSSR count). The first-order valence-corrected chi connectivity index (χ1v) is 5.61. The van der Waals surface area contributed by atoms with Crippen LogP contribution in [0.5, 0.6) is 0 Å². The number of hydrogen-bond donors (Lipinski definition) is 0. The highest BCUT2D eigenvalue weighted by atomic mass is 35.5. The monoisotopic (exact) mass is 260 g/mol. The zero-order valence-electron chi connectivity index (χ0n) is 9.15. The molecule has 0 radical (unpaired) electrons. The standard InChI is InChI=1S/C10H16ClF3O2/c1-8(15)9(4-5-11)3-2-6-16-7-10(12,13)14/h9H,2-7H2,1H3. The summed E-state index contributed by atoms with van der Waals surface area (Å²) in [5, 5.41) is 0. The molecule has 0 N–H and O–H groups in total. The molecule has 16 heavy (non-hydrogen) atoms. The Morgan fingerprint density at radius 1 is 1.38 bits per heavy atom. The fraction of sp³-hybridized carbons (Fsp3) is 0.900. The molecule has 6 heteroatoms. The second kappa shape index (κ2) is 7.90. The third-order valence-corrected chi connectivity index (χ3v) is 2.36. The van der Waals surface area contributed by atoms with Crippen molar-refractivity contribution in [1.82, 2.24) is 0 Å². The van der Waals surface area contributed by atoms with E-state index in [4.69, 9.17) is 11.6 Å². The average Bonchev–Trinajstić information content (AvgIpc) is 2.13.